The summed E-state index contributed by atoms with van der Waals surface area (Å²) in [4.78, 5) is 35.0. The summed E-state index contributed by atoms with van der Waals surface area (Å²) in [5, 5.41) is 11.0. The van der Waals surface area contributed by atoms with E-state index in [9.17, 15) is 14.4 Å². The molecule has 6 nitrogen and oxygen atoms in total. The largest absolute Gasteiger partial charge is 0.481 e. The van der Waals surface area contributed by atoms with Crippen molar-refractivity contribution in [2.45, 2.75) is 38.5 Å². The van der Waals surface area contributed by atoms with Crippen molar-refractivity contribution in [3.63, 3.8) is 0 Å². The molecule has 1 aliphatic heterocycles. The van der Waals surface area contributed by atoms with Crippen LogP contribution in [0, 0.1) is 0 Å². The van der Waals surface area contributed by atoms with Gasteiger partial charge in [-0.2, -0.15) is 0 Å². The molecular formula is C12H20N2O4. The smallest absolute Gasteiger partial charge is 0.303 e. The third-order valence-electron chi connectivity index (χ3n) is 2.94. The number of carboxylic acid groups (broad SMARTS) is 1. The van der Waals surface area contributed by atoms with E-state index in [1.165, 1.54) is 6.42 Å². The average Bonchev–Trinajstić information content (AvgIpc) is 2.37. The first-order valence-electron chi connectivity index (χ1n) is 6.36. The Bertz CT molecular complexity index is 311. The molecule has 0 aromatic rings. The van der Waals surface area contributed by atoms with E-state index in [2.05, 4.69) is 5.32 Å². The molecule has 2 N–H and O–H groups in total. The molecule has 2 amide bonds. The first-order valence-corrected chi connectivity index (χ1v) is 6.36. The molecule has 6 heteroatoms. The van der Waals surface area contributed by atoms with Crippen LogP contribution < -0.4 is 5.32 Å². The highest BCUT2D eigenvalue weighted by Gasteiger charge is 2.16. The van der Waals surface area contributed by atoms with Crippen molar-refractivity contribution < 1.29 is 19.5 Å². The van der Waals surface area contributed by atoms with Crippen molar-refractivity contribution in [2.24, 2.45) is 0 Å². The normalized spacial score (nSPS) is 15.2. The SMILES string of the molecule is O=C(O)CCC(=O)NCCC(=O)N1CCCCC1. The maximum absolute atomic E-state index is 11.7. The summed E-state index contributed by atoms with van der Waals surface area (Å²) in [5.74, 6) is -1.24. The van der Waals surface area contributed by atoms with E-state index in [1.54, 1.807) is 0 Å². The number of amides is 2. The number of carboxylic acids is 1. The van der Waals surface area contributed by atoms with E-state index in [-0.39, 0.29) is 31.2 Å². The second-order valence-corrected chi connectivity index (χ2v) is 4.44. The number of nitrogens with zero attached hydrogens (tertiary/aromatic N) is 1. The molecule has 1 saturated heterocycles. The zero-order chi connectivity index (χ0) is 13.4. The van der Waals surface area contributed by atoms with Crippen LogP contribution in [0.15, 0.2) is 0 Å². The molecule has 0 aromatic carbocycles. The van der Waals surface area contributed by atoms with E-state index < -0.39 is 5.97 Å². The zero-order valence-corrected chi connectivity index (χ0v) is 10.5. The van der Waals surface area contributed by atoms with Crippen molar-refractivity contribution in [1.29, 1.82) is 0 Å². The van der Waals surface area contributed by atoms with Crippen molar-refractivity contribution in [3.05, 3.63) is 0 Å². The van der Waals surface area contributed by atoms with Crippen molar-refractivity contribution >= 4 is 17.8 Å². The third kappa shape index (κ3) is 5.65. The molecule has 1 aliphatic rings. The van der Waals surface area contributed by atoms with Crippen LogP contribution in [0.5, 0.6) is 0 Å². The van der Waals surface area contributed by atoms with Crippen LogP contribution in [0.4, 0.5) is 0 Å². The van der Waals surface area contributed by atoms with E-state index in [0.29, 0.717) is 6.42 Å². The first-order chi connectivity index (χ1) is 8.59. The predicted octanol–water partition coefficient (Wildman–Crippen LogP) is 0.370. The second kappa shape index (κ2) is 7.68. The minimum absolute atomic E-state index is 0.0345. The molecule has 1 fully saturated rings. The van der Waals surface area contributed by atoms with E-state index >= 15 is 0 Å². The first kappa shape index (κ1) is 14.5. The highest BCUT2D eigenvalue weighted by atomic mass is 16.4. The molecule has 0 aromatic heterocycles. The Morgan fingerprint density at radius 1 is 1.00 bits per heavy atom. The zero-order valence-electron chi connectivity index (χ0n) is 10.5. The number of carbonyl (C=O) groups is 3. The maximum Gasteiger partial charge on any atom is 0.303 e. The lowest BCUT2D eigenvalue weighted by Crippen LogP contribution is -2.37. The quantitative estimate of drug-likeness (QED) is 0.719. The van der Waals surface area contributed by atoms with E-state index in [1.807, 2.05) is 4.90 Å². The highest BCUT2D eigenvalue weighted by Crippen LogP contribution is 2.09. The Kier molecular flexibility index (Phi) is 6.18. The van der Waals surface area contributed by atoms with Crippen LogP contribution in [-0.2, 0) is 14.4 Å². The topological polar surface area (TPSA) is 86.7 Å². The van der Waals surface area contributed by atoms with Gasteiger partial charge in [-0.25, -0.2) is 0 Å². The van der Waals surface area contributed by atoms with Gasteiger partial charge in [0.1, 0.15) is 0 Å². The molecule has 0 radical (unpaired) electrons. The Balaban J connectivity index is 2.10. The average molecular weight is 256 g/mol. The molecule has 0 bridgehead atoms. The molecule has 18 heavy (non-hydrogen) atoms. The van der Waals surface area contributed by atoms with Crippen LogP contribution >= 0.6 is 0 Å². The molecule has 1 heterocycles. The third-order valence-corrected chi connectivity index (χ3v) is 2.94. The van der Waals surface area contributed by atoms with Crippen molar-refractivity contribution in [1.82, 2.24) is 10.2 Å². The molecule has 0 unspecified atom stereocenters. The van der Waals surface area contributed by atoms with Gasteiger partial charge >= 0.3 is 5.97 Å². The number of hydrogen-bond donors (Lipinski definition) is 2. The number of aliphatic carboxylic acids is 1. The minimum Gasteiger partial charge on any atom is -0.481 e. The van der Waals surface area contributed by atoms with Gasteiger partial charge in [0.05, 0.1) is 6.42 Å². The Hall–Kier alpha value is -1.59. The number of likely N-dealkylation sites (tertiary alicyclic amines) is 1. The molecule has 0 saturated carbocycles. The lowest BCUT2D eigenvalue weighted by Gasteiger charge is -2.26. The van der Waals surface area contributed by atoms with Crippen LogP contribution in [0.3, 0.4) is 0 Å². The second-order valence-electron chi connectivity index (χ2n) is 4.44. The van der Waals surface area contributed by atoms with E-state index in [4.69, 9.17) is 5.11 Å². The monoisotopic (exact) mass is 256 g/mol. The van der Waals surface area contributed by atoms with Crippen LogP contribution in [0.1, 0.15) is 38.5 Å². The van der Waals surface area contributed by atoms with Gasteiger partial charge < -0.3 is 15.3 Å². The van der Waals surface area contributed by atoms with Crippen molar-refractivity contribution in [3.8, 4) is 0 Å². The molecule has 1 rings (SSSR count). The van der Waals surface area contributed by atoms with Gasteiger partial charge in [0.15, 0.2) is 0 Å². The number of rotatable bonds is 6. The molecular weight excluding hydrogens is 236 g/mol. The summed E-state index contributed by atoms with van der Waals surface area (Å²) < 4.78 is 0. The standard InChI is InChI=1S/C12H20N2O4/c15-10(4-5-12(17)18)13-7-6-11(16)14-8-2-1-3-9-14/h1-9H2,(H,13,15)(H,17,18). The van der Waals surface area contributed by atoms with Gasteiger partial charge in [0, 0.05) is 32.5 Å². The fourth-order valence-electron chi connectivity index (χ4n) is 1.92. The lowest BCUT2D eigenvalue weighted by atomic mass is 10.1. The number of carbonyl (C=O) groups excluding carboxylic acids is 2. The van der Waals surface area contributed by atoms with Crippen LogP contribution in [0.25, 0.3) is 0 Å². The summed E-state index contributed by atoms with van der Waals surface area (Å²) in [5.41, 5.74) is 0. The number of nitrogens with one attached hydrogen (secondary N) is 1. The van der Waals surface area contributed by atoms with Crippen LogP contribution in [-0.4, -0.2) is 47.4 Å². The number of hydrogen-bond acceptors (Lipinski definition) is 3. The van der Waals surface area contributed by atoms with Gasteiger partial charge in [0.2, 0.25) is 11.8 Å². The summed E-state index contributed by atoms with van der Waals surface area (Å²) in [6.07, 6.45) is 3.36. The Labute approximate surface area is 106 Å². The Morgan fingerprint density at radius 3 is 2.28 bits per heavy atom. The Morgan fingerprint density at radius 2 is 1.67 bits per heavy atom. The predicted molar refractivity (Wildman–Crippen MR) is 64.9 cm³/mol. The molecule has 0 atom stereocenters. The van der Waals surface area contributed by atoms with Crippen LogP contribution in [0.2, 0.25) is 0 Å². The van der Waals surface area contributed by atoms with Gasteiger partial charge in [-0.1, -0.05) is 0 Å². The van der Waals surface area contributed by atoms with E-state index in [0.717, 1.165) is 25.9 Å². The maximum atomic E-state index is 11.7. The van der Waals surface area contributed by atoms with Crippen molar-refractivity contribution in [2.75, 3.05) is 19.6 Å². The highest BCUT2D eigenvalue weighted by molar-refractivity contribution is 5.81. The van der Waals surface area contributed by atoms with Gasteiger partial charge in [-0.3, -0.25) is 14.4 Å². The van der Waals surface area contributed by atoms with Gasteiger partial charge in [-0.15, -0.1) is 0 Å². The summed E-state index contributed by atoms with van der Waals surface area (Å²) in [6, 6.07) is 0. The minimum atomic E-state index is -0.991. The summed E-state index contributed by atoms with van der Waals surface area (Å²) >= 11 is 0. The molecule has 0 aliphatic carbocycles. The van der Waals surface area contributed by atoms with Gasteiger partial charge in [0.25, 0.3) is 0 Å². The molecule has 102 valence electrons. The summed E-state index contributed by atoms with van der Waals surface area (Å²) in [7, 11) is 0. The number of piperidine rings is 1. The van der Waals surface area contributed by atoms with Gasteiger partial charge in [-0.05, 0) is 19.3 Å². The molecule has 0 spiro atoms. The lowest BCUT2D eigenvalue weighted by molar-refractivity contribution is -0.139. The fraction of sp³-hybridized carbons (Fsp3) is 0.750. The fourth-order valence-corrected chi connectivity index (χ4v) is 1.92. The summed E-state index contributed by atoms with van der Waals surface area (Å²) in [6.45, 7) is 1.91.